The normalized spacial score (nSPS) is 19.3. The van der Waals surface area contributed by atoms with Gasteiger partial charge in [-0.1, -0.05) is 6.58 Å². The molecule has 1 aliphatic heterocycles. The Balaban J connectivity index is 2.57. The number of hydrogen-bond acceptors (Lipinski definition) is 3. The van der Waals surface area contributed by atoms with Crippen molar-refractivity contribution in [2.75, 3.05) is 26.8 Å². The molecular weight excluding hydrogens is 192 g/mol. The molecule has 0 aromatic carbocycles. The minimum Gasteiger partial charge on any atom is -0.383 e. The zero-order valence-electron chi connectivity index (χ0n) is 9.03. The van der Waals surface area contributed by atoms with Crippen molar-refractivity contribution in [3.8, 4) is 6.07 Å². The minimum absolute atomic E-state index is 0.0565. The molecule has 0 bridgehead atoms. The zero-order chi connectivity index (χ0) is 11.3. The highest BCUT2D eigenvalue weighted by Crippen LogP contribution is 2.30. The molecule has 0 aliphatic carbocycles. The number of ether oxygens (including phenoxy) is 1. The van der Waals surface area contributed by atoms with E-state index in [1.165, 1.54) is 6.08 Å². The molecule has 1 fully saturated rings. The highest BCUT2D eigenvalue weighted by molar-refractivity contribution is 5.87. The SMILES string of the molecule is C=CC(=O)N1CCC(C#N)(COC)CC1. The van der Waals surface area contributed by atoms with Gasteiger partial charge in [0.05, 0.1) is 18.1 Å². The molecule has 0 radical (unpaired) electrons. The van der Waals surface area contributed by atoms with Gasteiger partial charge in [-0.2, -0.15) is 5.26 Å². The Labute approximate surface area is 90.1 Å². The molecule has 0 saturated carbocycles. The van der Waals surface area contributed by atoms with E-state index in [4.69, 9.17) is 10.00 Å². The summed E-state index contributed by atoms with van der Waals surface area (Å²) in [6.45, 7) is 5.12. The van der Waals surface area contributed by atoms with Crippen LogP contribution in [0.5, 0.6) is 0 Å². The fraction of sp³-hybridized carbons (Fsp3) is 0.636. The second kappa shape index (κ2) is 4.94. The van der Waals surface area contributed by atoms with Gasteiger partial charge in [0, 0.05) is 20.2 Å². The van der Waals surface area contributed by atoms with Gasteiger partial charge in [0.25, 0.3) is 0 Å². The Morgan fingerprint density at radius 1 is 1.67 bits per heavy atom. The monoisotopic (exact) mass is 208 g/mol. The van der Waals surface area contributed by atoms with Crippen LogP contribution in [0.4, 0.5) is 0 Å². The molecule has 1 heterocycles. The van der Waals surface area contributed by atoms with E-state index in [1.807, 2.05) is 0 Å². The third kappa shape index (κ3) is 2.57. The molecule has 0 N–H and O–H groups in total. The van der Waals surface area contributed by atoms with E-state index in [0.29, 0.717) is 32.5 Å². The lowest BCUT2D eigenvalue weighted by atomic mass is 9.80. The summed E-state index contributed by atoms with van der Waals surface area (Å²) < 4.78 is 5.05. The number of nitriles is 1. The maximum Gasteiger partial charge on any atom is 0.245 e. The summed E-state index contributed by atoms with van der Waals surface area (Å²) >= 11 is 0. The maximum atomic E-state index is 11.3. The summed E-state index contributed by atoms with van der Waals surface area (Å²) in [6.07, 6.45) is 2.67. The third-order valence-corrected chi connectivity index (χ3v) is 2.86. The molecule has 0 aromatic heterocycles. The standard InChI is InChI=1S/C11H16N2O2/c1-3-10(14)13-6-4-11(8-12,5-7-13)9-15-2/h3H,1,4-7,9H2,2H3. The fourth-order valence-electron chi connectivity index (χ4n) is 1.85. The number of rotatable bonds is 3. The largest absolute Gasteiger partial charge is 0.383 e. The lowest BCUT2D eigenvalue weighted by Crippen LogP contribution is -2.43. The molecule has 0 atom stereocenters. The van der Waals surface area contributed by atoms with Crippen LogP contribution in [-0.4, -0.2) is 37.6 Å². The van der Waals surface area contributed by atoms with Crippen molar-refractivity contribution in [1.82, 2.24) is 4.90 Å². The average molecular weight is 208 g/mol. The number of amides is 1. The quantitative estimate of drug-likeness (QED) is 0.649. The molecule has 1 rings (SSSR count). The number of carbonyl (C=O) groups is 1. The van der Waals surface area contributed by atoms with Gasteiger partial charge in [0.1, 0.15) is 0 Å². The lowest BCUT2D eigenvalue weighted by Gasteiger charge is -2.36. The Bertz CT molecular complexity index is 285. The van der Waals surface area contributed by atoms with Crippen molar-refractivity contribution in [3.05, 3.63) is 12.7 Å². The summed E-state index contributed by atoms with van der Waals surface area (Å²) in [4.78, 5) is 13.0. The van der Waals surface area contributed by atoms with Gasteiger partial charge in [-0.15, -0.1) is 0 Å². The van der Waals surface area contributed by atoms with Crippen LogP contribution in [0.3, 0.4) is 0 Å². The molecule has 15 heavy (non-hydrogen) atoms. The smallest absolute Gasteiger partial charge is 0.245 e. The number of nitrogens with zero attached hydrogens (tertiary/aromatic N) is 2. The summed E-state index contributed by atoms with van der Waals surface area (Å²) in [5, 5.41) is 9.10. The van der Waals surface area contributed by atoms with E-state index in [9.17, 15) is 4.79 Å². The molecule has 1 saturated heterocycles. The van der Waals surface area contributed by atoms with Crippen molar-refractivity contribution in [1.29, 1.82) is 5.26 Å². The van der Waals surface area contributed by atoms with Crippen LogP contribution in [-0.2, 0) is 9.53 Å². The molecule has 4 nitrogen and oxygen atoms in total. The van der Waals surface area contributed by atoms with Gasteiger partial charge in [0.15, 0.2) is 0 Å². The predicted octanol–water partition coefficient (Wildman–Crippen LogP) is 0.951. The van der Waals surface area contributed by atoms with Gasteiger partial charge in [-0.25, -0.2) is 0 Å². The third-order valence-electron chi connectivity index (χ3n) is 2.86. The molecule has 82 valence electrons. The van der Waals surface area contributed by atoms with E-state index in [1.54, 1.807) is 12.0 Å². The van der Waals surface area contributed by atoms with Crippen LogP contribution in [0.25, 0.3) is 0 Å². The first-order chi connectivity index (χ1) is 7.17. The van der Waals surface area contributed by atoms with Crippen LogP contribution in [0.2, 0.25) is 0 Å². The van der Waals surface area contributed by atoms with E-state index in [-0.39, 0.29) is 5.91 Å². The van der Waals surface area contributed by atoms with Crippen molar-refractivity contribution < 1.29 is 9.53 Å². The minimum atomic E-state index is -0.410. The number of piperidine rings is 1. The lowest BCUT2D eigenvalue weighted by molar-refractivity contribution is -0.128. The zero-order valence-corrected chi connectivity index (χ0v) is 9.03. The van der Waals surface area contributed by atoms with Gasteiger partial charge in [-0.05, 0) is 18.9 Å². The van der Waals surface area contributed by atoms with Crippen LogP contribution < -0.4 is 0 Å². The molecule has 1 amide bonds. The summed E-state index contributed by atoms with van der Waals surface area (Å²) in [7, 11) is 1.60. The van der Waals surface area contributed by atoms with Gasteiger partial charge < -0.3 is 9.64 Å². The summed E-state index contributed by atoms with van der Waals surface area (Å²) in [6, 6.07) is 2.31. The topological polar surface area (TPSA) is 53.3 Å². The van der Waals surface area contributed by atoms with E-state index in [0.717, 1.165) is 0 Å². The molecule has 1 aliphatic rings. The van der Waals surface area contributed by atoms with E-state index >= 15 is 0 Å². The Morgan fingerprint density at radius 3 is 2.67 bits per heavy atom. The van der Waals surface area contributed by atoms with E-state index in [2.05, 4.69) is 12.6 Å². The highest BCUT2D eigenvalue weighted by atomic mass is 16.5. The predicted molar refractivity (Wildman–Crippen MR) is 55.9 cm³/mol. The first-order valence-electron chi connectivity index (χ1n) is 4.99. The Hall–Kier alpha value is -1.34. The second-order valence-electron chi connectivity index (χ2n) is 3.85. The maximum absolute atomic E-state index is 11.3. The van der Waals surface area contributed by atoms with Crippen LogP contribution >= 0.6 is 0 Å². The molecule has 0 spiro atoms. The molecule has 4 heteroatoms. The first kappa shape index (κ1) is 11.7. The van der Waals surface area contributed by atoms with Crippen molar-refractivity contribution in [2.24, 2.45) is 5.41 Å². The Kier molecular flexibility index (Phi) is 3.87. The molecule has 0 unspecified atom stereocenters. The van der Waals surface area contributed by atoms with Crippen molar-refractivity contribution in [2.45, 2.75) is 12.8 Å². The van der Waals surface area contributed by atoms with Gasteiger partial charge in [-0.3, -0.25) is 4.79 Å². The number of methoxy groups -OCH3 is 1. The summed E-state index contributed by atoms with van der Waals surface area (Å²) in [5.74, 6) is -0.0565. The highest BCUT2D eigenvalue weighted by Gasteiger charge is 2.35. The van der Waals surface area contributed by atoms with Crippen LogP contribution in [0.15, 0.2) is 12.7 Å². The van der Waals surface area contributed by atoms with Crippen molar-refractivity contribution in [3.63, 3.8) is 0 Å². The molecular formula is C11H16N2O2. The van der Waals surface area contributed by atoms with Gasteiger partial charge >= 0.3 is 0 Å². The first-order valence-corrected chi connectivity index (χ1v) is 4.99. The second-order valence-corrected chi connectivity index (χ2v) is 3.85. The molecule has 0 aromatic rings. The average Bonchev–Trinajstić information content (AvgIpc) is 2.29. The van der Waals surface area contributed by atoms with Crippen molar-refractivity contribution >= 4 is 5.91 Å². The summed E-state index contributed by atoms with van der Waals surface area (Å²) in [5.41, 5.74) is -0.410. The van der Waals surface area contributed by atoms with Gasteiger partial charge in [0.2, 0.25) is 5.91 Å². The number of hydrogen-bond donors (Lipinski definition) is 0. The number of carbonyl (C=O) groups excluding carboxylic acids is 1. The fourth-order valence-corrected chi connectivity index (χ4v) is 1.85. The van der Waals surface area contributed by atoms with Crippen LogP contribution in [0.1, 0.15) is 12.8 Å². The number of likely N-dealkylation sites (tertiary alicyclic amines) is 1. The van der Waals surface area contributed by atoms with E-state index < -0.39 is 5.41 Å². The van der Waals surface area contributed by atoms with Crippen LogP contribution in [0, 0.1) is 16.7 Å². The Morgan fingerprint density at radius 2 is 2.27 bits per heavy atom.